The van der Waals surface area contributed by atoms with E-state index >= 15 is 0 Å². The highest BCUT2D eigenvalue weighted by Crippen LogP contribution is 2.25. The molecule has 2 aromatic carbocycles. The van der Waals surface area contributed by atoms with Crippen LogP contribution in [-0.4, -0.2) is 19.4 Å². The Morgan fingerprint density at radius 1 is 0.750 bits per heavy atom. The van der Waals surface area contributed by atoms with E-state index in [1.165, 1.54) is 16.0 Å². The maximum atomic E-state index is 13.6. The molecule has 0 amide bonds. The summed E-state index contributed by atoms with van der Waals surface area (Å²) in [4.78, 5) is 1.61. The third kappa shape index (κ3) is 11.2. The summed E-state index contributed by atoms with van der Waals surface area (Å²) in [5, 5.41) is -0.569. The van der Waals surface area contributed by atoms with Crippen molar-refractivity contribution in [3.63, 3.8) is 0 Å². The third-order valence-corrected chi connectivity index (χ3v) is 8.98. The number of hydrogen-bond donors (Lipinski definition) is 0. The molecule has 0 aliphatic heterocycles. The fourth-order valence-corrected chi connectivity index (χ4v) is 6.57. The van der Waals surface area contributed by atoms with Gasteiger partial charge in [0.05, 0.1) is 10.1 Å². The van der Waals surface area contributed by atoms with Gasteiger partial charge in [-0.1, -0.05) is 83.0 Å². The molecule has 36 heavy (non-hydrogen) atoms. The molecule has 2 nitrogen and oxygen atoms in total. The third-order valence-electron chi connectivity index (χ3n) is 6.01. The van der Waals surface area contributed by atoms with Gasteiger partial charge in [-0.05, 0) is 91.0 Å². The molecule has 0 saturated carbocycles. The first-order valence-electron chi connectivity index (χ1n) is 12.8. The van der Waals surface area contributed by atoms with Gasteiger partial charge in [-0.15, -0.1) is 11.8 Å². The van der Waals surface area contributed by atoms with Crippen LogP contribution in [0.4, 0.5) is 0 Å². The Morgan fingerprint density at radius 3 is 1.97 bits per heavy atom. The van der Waals surface area contributed by atoms with Gasteiger partial charge in [0, 0.05) is 10.6 Å². The molecule has 0 aliphatic rings. The fraction of sp³-hybridized carbons (Fsp3) is 0.375. The van der Waals surface area contributed by atoms with Gasteiger partial charge in [0.25, 0.3) is 0 Å². The zero-order chi connectivity index (χ0) is 26.4. The van der Waals surface area contributed by atoms with E-state index in [0.29, 0.717) is 11.3 Å². The second-order valence-electron chi connectivity index (χ2n) is 9.70. The summed E-state index contributed by atoms with van der Waals surface area (Å²) >= 11 is 1.76. The SMILES string of the molecule is CC(C)=CCC/C(C)=C/CC/C(C)=C\C(C/C(C)=C/CSc1ccccc1)S(=O)(=O)c1ccccc1. The standard InChI is InChI=1S/C32H42O2S2/c1-26(2)14-12-15-27(3)16-13-17-28(4)24-32(36(33,34)31-20-10-7-11-21-31)25-29(5)22-23-35-30-18-8-6-9-19-30/h6-11,14,16,18-22,24,32H,12-13,15,17,23,25H2,1-5H3/b27-16+,28-24-,29-22+. The molecule has 194 valence electrons. The van der Waals surface area contributed by atoms with Crippen LogP contribution in [0.3, 0.4) is 0 Å². The fourth-order valence-electron chi connectivity index (χ4n) is 3.88. The highest BCUT2D eigenvalue weighted by molar-refractivity contribution is 7.99. The smallest absolute Gasteiger partial charge is 0.185 e. The minimum absolute atomic E-state index is 0.389. The van der Waals surface area contributed by atoms with E-state index in [1.54, 1.807) is 36.0 Å². The van der Waals surface area contributed by atoms with Crippen molar-refractivity contribution in [3.8, 4) is 0 Å². The lowest BCUT2D eigenvalue weighted by Gasteiger charge is -2.16. The molecule has 0 fully saturated rings. The van der Waals surface area contributed by atoms with Crippen LogP contribution in [0.2, 0.25) is 0 Å². The number of rotatable bonds is 14. The van der Waals surface area contributed by atoms with Crippen molar-refractivity contribution < 1.29 is 8.42 Å². The largest absolute Gasteiger partial charge is 0.223 e. The normalized spacial score (nSPS) is 14.0. The van der Waals surface area contributed by atoms with Crippen LogP contribution < -0.4 is 0 Å². The molecule has 0 heterocycles. The number of thioether (sulfide) groups is 1. The van der Waals surface area contributed by atoms with E-state index in [1.807, 2.05) is 37.3 Å². The number of benzene rings is 2. The molecule has 0 spiro atoms. The predicted molar refractivity (Wildman–Crippen MR) is 158 cm³/mol. The van der Waals surface area contributed by atoms with Crippen LogP contribution >= 0.6 is 11.8 Å². The number of sulfone groups is 1. The molecular formula is C32H42O2S2. The quantitative estimate of drug-likeness (QED) is 0.183. The van der Waals surface area contributed by atoms with E-state index in [-0.39, 0.29) is 0 Å². The summed E-state index contributed by atoms with van der Waals surface area (Å²) in [5.41, 5.74) is 4.97. The monoisotopic (exact) mass is 522 g/mol. The molecule has 0 N–H and O–H groups in total. The lowest BCUT2D eigenvalue weighted by Crippen LogP contribution is -2.20. The second-order valence-corrected chi connectivity index (χ2v) is 13.0. The summed E-state index contributed by atoms with van der Waals surface area (Å²) in [6.45, 7) is 10.5. The van der Waals surface area contributed by atoms with Crippen LogP contribution in [0.15, 0.2) is 117 Å². The van der Waals surface area contributed by atoms with Gasteiger partial charge in [-0.3, -0.25) is 0 Å². The lowest BCUT2D eigenvalue weighted by molar-refractivity contribution is 0.587. The second kappa shape index (κ2) is 15.7. The Bertz CT molecular complexity index is 1150. The molecule has 1 atom stereocenters. The molecule has 0 aromatic heterocycles. The minimum atomic E-state index is -3.48. The molecule has 2 aromatic rings. The van der Waals surface area contributed by atoms with Gasteiger partial charge in [-0.2, -0.15) is 0 Å². The Hall–Kier alpha value is -2.30. The molecule has 0 radical (unpaired) electrons. The highest BCUT2D eigenvalue weighted by Gasteiger charge is 2.25. The van der Waals surface area contributed by atoms with Crippen molar-refractivity contribution >= 4 is 21.6 Å². The van der Waals surface area contributed by atoms with E-state index in [2.05, 4.69) is 58.1 Å². The van der Waals surface area contributed by atoms with Crippen molar-refractivity contribution in [1.29, 1.82) is 0 Å². The van der Waals surface area contributed by atoms with Crippen molar-refractivity contribution in [1.82, 2.24) is 0 Å². The van der Waals surface area contributed by atoms with E-state index in [4.69, 9.17) is 0 Å². The van der Waals surface area contributed by atoms with Crippen LogP contribution in [0.1, 0.15) is 66.7 Å². The summed E-state index contributed by atoms with van der Waals surface area (Å²) in [6.07, 6.45) is 13.2. The molecule has 2 rings (SSSR count). The summed E-state index contributed by atoms with van der Waals surface area (Å²) in [7, 11) is -3.48. The molecule has 1 unspecified atom stereocenters. The van der Waals surface area contributed by atoms with Crippen LogP contribution in [0.25, 0.3) is 0 Å². The summed E-state index contributed by atoms with van der Waals surface area (Å²) in [5.74, 6) is 0.827. The molecular weight excluding hydrogens is 480 g/mol. The molecule has 0 bridgehead atoms. The average molecular weight is 523 g/mol. The topological polar surface area (TPSA) is 34.1 Å². The summed E-state index contributed by atoms with van der Waals surface area (Å²) in [6, 6.07) is 19.1. The first kappa shape index (κ1) is 29.9. The van der Waals surface area contributed by atoms with E-state index in [9.17, 15) is 8.42 Å². The Balaban J connectivity index is 2.11. The number of allylic oxidation sites excluding steroid dienone is 6. The highest BCUT2D eigenvalue weighted by atomic mass is 32.2. The van der Waals surface area contributed by atoms with Gasteiger partial charge >= 0.3 is 0 Å². The van der Waals surface area contributed by atoms with Gasteiger partial charge in [-0.25, -0.2) is 8.42 Å². The van der Waals surface area contributed by atoms with Crippen molar-refractivity contribution in [2.24, 2.45) is 0 Å². The molecule has 0 saturated heterocycles. The van der Waals surface area contributed by atoms with Crippen LogP contribution in [0, 0.1) is 0 Å². The van der Waals surface area contributed by atoms with Crippen LogP contribution in [0.5, 0.6) is 0 Å². The Kier molecular flexibility index (Phi) is 13.1. The Morgan fingerprint density at radius 2 is 1.33 bits per heavy atom. The lowest BCUT2D eigenvalue weighted by atomic mass is 10.0. The zero-order valence-electron chi connectivity index (χ0n) is 22.5. The van der Waals surface area contributed by atoms with Gasteiger partial charge < -0.3 is 0 Å². The minimum Gasteiger partial charge on any atom is -0.223 e. The first-order chi connectivity index (χ1) is 17.2. The van der Waals surface area contributed by atoms with E-state index < -0.39 is 15.1 Å². The average Bonchev–Trinajstić information content (AvgIpc) is 2.84. The van der Waals surface area contributed by atoms with Gasteiger partial charge in [0.1, 0.15) is 0 Å². The maximum absolute atomic E-state index is 13.6. The van der Waals surface area contributed by atoms with Gasteiger partial charge in [0.2, 0.25) is 0 Å². The van der Waals surface area contributed by atoms with Crippen molar-refractivity contribution in [2.75, 3.05) is 5.75 Å². The zero-order valence-corrected chi connectivity index (χ0v) is 24.2. The molecule has 0 aliphatic carbocycles. The maximum Gasteiger partial charge on any atom is 0.185 e. The van der Waals surface area contributed by atoms with E-state index in [0.717, 1.165) is 42.6 Å². The Labute approximate surface area is 224 Å². The first-order valence-corrected chi connectivity index (χ1v) is 15.3. The molecule has 4 heteroatoms. The van der Waals surface area contributed by atoms with Crippen molar-refractivity contribution in [3.05, 3.63) is 107 Å². The number of hydrogen-bond acceptors (Lipinski definition) is 3. The van der Waals surface area contributed by atoms with Crippen LogP contribution in [-0.2, 0) is 9.84 Å². The van der Waals surface area contributed by atoms with Gasteiger partial charge in [0.15, 0.2) is 9.84 Å². The van der Waals surface area contributed by atoms with Crippen molar-refractivity contribution in [2.45, 2.75) is 81.8 Å². The predicted octanol–water partition coefficient (Wildman–Crippen LogP) is 9.38. The summed E-state index contributed by atoms with van der Waals surface area (Å²) < 4.78 is 27.1.